The number of urea groups is 1. The second-order valence-electron chi connectivity index (χ2n) is 6.12. The third-order valence-corrected chi connectivity index (χ3v) is 4.32. The zero-order valence-electron chi connectivity index (χ0n) is 14.8. The molecule has 0 aliphatic heterocycles. The molecule has 0 spiro atoms. The van der Waals surface area contributed by atoms with Gasteiger partial charge in [-0.15, -0.1) is 0 Å². The van der Waals surface area contributed by atoms with Gasteiger partial charge in [0, 0.05) is 24.9 Å². The van der Waals surface area contributed by atoms with Crippen LogP contribution < -0.4 is 5.32 Å². The largest absolute Gasteiger partial charge is 0.323 e. The number of anilines is 1. The highest BCUT2D eigenvalue weighted by molar-refractivity contribution is 5.88. The number of hydrogen-bond donors (Lipinski definition) is 1. The number of aromatic nitrogens is 2. The molecule has 0 saturated heterocycles. The van der Waals surface area contributed by atoms with Crippen molar-refractivity contribution >= 4 is 11.8 Å². The lowest BCUT2D eigenvalue weighted by Crippen LogP contribution is -2.34. The molecule has 1 aromatic heterocycles. The van der Waals surface area contributed by atoms with Crippen molar-refractivity contribution in [3.63, 3.8) is 0 Å². The first kappa shape index (κ1) is 17.7. The van der Waals surface area contributed by atoms with Crippen molar-refractivity contribution in [2.75, 3.05) is 12.4 Å². The predicted molar refractivity (Wildman–Crippen MR) is 99.4 cm³/mol. The minimum atomic E-state index is -0.400. The second kappa shape index (κ2) is 7.82. The van der Waals surface area contributed by atoms with Gasteiger partial charge in [0.05, 0.1) is 12.6 Å². The number of carbonyl (C=O) groups is 1. The summed E-state index contributed by atoms with van der Waals surface area (Å²) >= 11 is 0. The summed E-state index contributed by atoms with van der Waals surface area (Å²) in [5.41, 5.74) is 1.60. The topological polar surface area (TPSA) is 50.2 Å². The lowest BCUT2D eigenvalue weighted by atomic mass is 10.1. The van der Waals surface area contributed by atoms with Gasteiger partial charge in [0.25, 0.3) is 0 Å². The molecule has 0 bridgehead atoms. The van der Waals surface area contributed by atoms with Crippen molar-refractivity contribution < 1.29 is 9.18 Å². The molecule has 0 aliphatic carbocycles. The summed E-state index contributed by atoms with van der Waals surface area (Å²) in [5, 5.41) is 7.11. The summed E-state index contributed by atoms with van der Waals surface area (Å²) < 4.78 is 15.7. The van der Waals surface area contributed by atoms with Gasteiger partial charge >= 0.3 is 6.03 Å². The molecule has 134 valence electrons. The normalized spacial score (nSPS) is 11.8. The van der Waals surface area contributed by atoms with E-state index in [1.807, 2.05) is 36.5 Å². The van der Waals surface area contributed by atoms with E-state index in [0.29, 0.717) is 17.9 Å². The van der Waals surface area contributed by atoms with E-state index >= 15 is 0 Å². The maximum absolute atomic E-state index is 13.9. The van der Waals surface area contributed by atoms with Crippen LogP contribution in [0.1, 0.15) is 24.1 Å². The van der Waals surface area contributed by atoms with Crippen LogP contribution in [0.4, 0.5) is 15.0 Å². The monoisotopic (exact) mass is 352 g/mol. The highest BCUT2D eigenvalue weighted by Crippen LogP contribution is 2.22. The van der Waals surface area contributed by atoms with Crippen LogP contribution in [0.25, 0.3) is 0 Å². The highest BCUT2D eigenvalue weighted by atomic mass is 19.1. The van der Waals surface area contributed by atoms with Crippen LogP contribution in [0.2, 0.25) is 0 Å². The summed E-state index contributed by atoms with van der Waals surface area (Å²) in [6, 6.07) is 17.4. The van der Waals surface area contributed by atoms with Crippen LogP contribution in [-0.4, -0.2) is 27.8 Å². The Kier molecular flexibility index (Phi) is 5.31. The molecule has 2 aromatic carbocycles. The van der Waals surface area contributed by atoms with E-state index in [1.54, 1.807) is 42.9 Å². The Bertz CT molecular complexity index is 878. The number of halogens is 1. The van der Waals surface area contributed by atoms with Gasteiger partial charge in [-0.25, -0.2) is 9.18 Å². The molecule has 6 heteroatoms. The third kappa shape index (κ3) is 4.08. The molecule has 1 unspecified atom stereocenters. The Balaban J connectivity index is 1.63. The standard InChI is InChI=1S/C20H21FN4O/c1-15(17-10-6-7-11-18(17)21)24(2)20(26)22-19-12-13-25(23-19)14-16-8-4-3-5-9-16/h3-13,15H,14H2,1-2H3,(H,22,23,26). The van der Waals surface area contributed by atoms with E-state index in [2.05, 4.69) is 10.4 Å². The molecule has 0 aliphatic rings. The summed E-state index contributed by atoms with van der Waals surface area (Å²) in [4.78, 5) is 13.9. The number of amides is 2. The minimum absolute atomic E-state index is 0.327. The molecule has 3 rings (SSSR count). The lowest BCUT2D eigenvalue weighted by molar-refractivity contribution is 0.207. The van der Waals surface area contributed by atoms with E-state index in [9.17, 15) is 9.18 Å². The van der Waals surface area contributed by atoms with Gasteiger partial charge in [0.15, 0.2) is 5.82 Å². The Morgan fingerprint density at radius 1 is 1.15 bits per heavy atom. The molecular weight excluding hydrogens is 331 g/mol. The molecule has 26 heavy (non-hydrogen) atoms. The maximum atomic E-state index is 13.9. The fraction of sp³-hybridized carbons (Fsp3) is 0.200. The number of nitrogens with one attached hydrogen (secondary N) is 1. The smallest absolute Gasteiger partial charge is 0.321 e. The van der Waals surface area contributed by atoms with E-state index in [1.165, 1.54) is 11.0 Å². The molecule has 0 saturated carbocycles. The lowest BCUT2D eigenvalue weighted by Gasteiger charge is -2.25. The molecule has 1 heterocycles. The van der Waals surface area contributed by atoms with Gasteiger partial charge < -0.3 is 4.90 Å². The van der Waals surface area contributed by atoms with E-state index in [0.717, 1.165) is 5.56 Å². The molecule has 1 atom stereocenters. The summed E-state index contributed by atoms with van der Waals surface area (Å²) in [6.45, 7) is 2.41. The Labute approximate surface area is 152 Å². The Hall–Kier alpha value is -3.15. The van der Waals surface area contributed by atoms with Crippen LogP contribution >= 0.6 is 0 Å². The predicted octanol–water partition coefficient (Wildman–Crippen LogP) is 4.30. The fourth-order valence-corrected chi connectivity index (χ4v) is 2.68. The van der Waals surface area contributed by atoms with Crippen molar-refractivity contribution in [1.82, 2.24) is 14.7 Å². The number of carbonyl (C=O) groups excluding carboxylic acids is 1. The van der Waals surface area contributed by atoms with E-state index in [-0.39, 0.29) is 11.8 Å². The average Bonchev–Trinajstić information content (AvgIpc) is 3.08. The van der Waals surface area contributed by atoms with Crippen LogP contribution in [0.15, 0.2) is 66.9 Å². The van der Waals surface area contributed by atoms with Crippen LogP contribution in [0, 0.1) is 5.82 Å². The van der Waals surface area contributed by atoms with E-state index < -0.39 is 6.04 Å². The molecule has 2 amide bonds. The van der Waals surface area contributed by atoms with Crippen molar-refractivity contribution in [2.24, 2.45) is 0 Å². The van der Waals surface area contributed by atoms with Gasteiger partial charge in [-0.2, -0.15) is 5.10 Å². The van der Waals surface area contributed by atoms with Crippen molar-refractivity contribution in [3.05, 3.63) is 83.8 Å². The number of benzene rings is 2. The Morgan fingerprint density at radius 2 is 1.85 bits per heavy atom. The van der Waals surface area contributed by atoms with Crippen LogP contribution in [0.3, 0.4) is 0 Å². The SMILES string of the molecule is CC(c1ccccc1F)N(C)C(=O)Nc1ccn(Cc2ccccc2)n1. The first-order valence-electron chi connectivity index (χ1n) is 8.40. The van der Waals surface area contributed by atoms with Gasteiger partial charge in [0.1, 0.15) is 5.82 Å². The van der Waals surface area contributed by atoms with Crippen LogP contribution in [-0.2, 0) is 6.54 Å². The van der Waals surface area contributed by atoms with Crippen LogP contribution in [0.5, 0.6) is 0 Å². The van der Waals surface area contributed by atoms with Gasteiger partial charge in [-0.1, -0.05) is 48.5 Å². The average molecular weight is 352 g/mol. The quantitative estimate of drug-likeness (QED) is 0.744. The minimum Gasteiger partial charge on any atom is -0.321 e. The summed E-state index contributed by atoms with van der Waals surface area (Å²) in [6.07, 6.45) is 1.81. The number of rotatable bonds is 5. The zero-order valence-corrected chi connectivity index (χ0v) is 14.8. The first-order chi connectivity index (χ1) is 12.5. The third-order valence-electron chi connectivity index (χ3n) is 4.32. The highest BCUT2D eigenvalue weighted by Gasteiger charge is 2.20. The molecule has 5 nitrogen and oxygen atoms in total. The maximum Gasteiger partial charge on any atom is 0.323 e. The van der Waals surface area contributed by atoms with E-state index in [4.69, 9.17) is 0 Å². The zero-order chi connectivity index (χ0) is 18.5. The van der Waals surface area contributed by atoms with Crippen molar-refractivity contribution in [2.45, 2.75) is 19.5 Å². The fourth-order valence-electron chi connectivity index (χ4n) is 2.68. The summed E-state index contributed by atoms with van der Waals surface area (Å²) in [5.74, 6) is 0.130. The molecule has 3 aromatic rings. The molecular formula is C20H21FN4O. The molecule has 0 fully saturated rings. The molecule has 0 radical (unpaired) electrons. The Morgan fingerprint density at radius 3 is 2.58 bits per heavy atom. The van der Waals surface area contributed by atoms with Gasteiger partial charge in [-0.3, -0.25) is 10.00 Å². The van der Waals surface area contributed by atoms with Gasteiger partial charge in [-0.05, 0) is 18.6 Å². The van der Waals surface area contributed by atoms with Crippen molar-refractivity contribution in [1.29, 1.82) is 0 Å². The van der Waals surface area contributed by atoms with Gasteiger partial charge in [0.2, 0.25) is 0 Å². The first-order valence-corrected chi connectivity index (χ1v) is 8.40. The number of hydrogen-bond acceptors (Lipinski definition) is 2. The van der Waals surface area contributed by atoms with Crippen molar-refractivity contribution in [3.8, 4) is 0 Å². The number of nitrogens with zero attached hydrogens (tertiary/aromatic N) is 3. The summed E-state index contributed by atoms with van der Waals surface area (Å²) in [7, 11) is 1.63. The molecule has 1 N–H and O–H groups in total. The second-order valence-corrected chi connectivity index (χ2v) is 6.12.